The van der Waals surface area contributed by atoms with Crippen molar-refractivity contribution in [2.45, 2.75) is 17.4 Å². The first-order chi connectivity index (χ1) is 16.6. The minimum Gasteiger partial charge on any atom is -0.384 e. The molecule has 0 bridgehead atoms. The van der Waals surface area contributed by atoms with Gasteiger partial charge < -0.3 is 10.3 Å². The third-order valence-corrected chi connectivity index (χ3v) is 7.44. The number of hydrogen-bond donors (Lipinski definition) is 3. The summed E-state index contributed by atoms with van der Waals surface area (Å²) in [6.45, 7) is 0. The lowest BCUT2D eigenvalue weighted by Crippen LogP contribution is -2.32. The molecule has 0 fully saturated rings. The first kappa shape index (κ1) is 24.9. The molecule has 4 rings (SSSR count). The molecular weight excluding hydrogens is 507 g/mol. The minimum atomic E-state index is -3.97. The standard InChI is InChI=1S/C24H22Cl2N6O2S/c1-32-14-29-30-24(32)22(11-15-4-2-6-17(10-15)23(27)28)31-35(33,34)19-7-3-5-16(12-19)20-9-8-18(25)13-21(20)26/h2-10,12-14,22,31H,11H2,1H3,(H3,27,28). The number of nitrogens with zero attached hydrogens (tertiary/aromatic N) is 3. The van der Waals surface area contributed by atoms with Crippen molar-refractivity contribution in [2.75, 3.05) is 0 Å². The van der Waals surface area contributed by atoms with E-state index in [0.29, 0.717) is 32.6 Å². The highest BCUT2D eigenvalue weighted by atomic mass is 35.5. The van der Waals surface area contributed by atoms with E-state index in [1.54, 1.807) is 66.2 Å². The van der Waals surface area contributed by atoms with Gasteiger partial charge in [-0.25, -0.2) is 13.1 Å². The maximum Gasteiger partial charge on any atom is 0.241 e. The second-order valence-corrected chi connectivity index (χ2v) is 10.5. The lowest BCUT2D eigenvalue weighted by Gasteiger charge is -2.19. The van der Waals surface area contributed by atoms with Crippen LogP contribution < -0.4 is 10.5 Å². The molecule has 35 heavy (non-hydrogen) atoms. The van der Waals surface area contributed by atoms with E-state index in [1.807, 2.05) is 6.07 Å². The van der Waals surface area contributed by atoms with Crippen molar-refractivity contribution in [1.82, 2.24) is 19.5 Å². The summed E-state index contributed by atoms with van der Waals surface area (Å²) in [5.74, 6) is 0.374. The molecular formula is C24H22Cl2N6O2S. The number of aryl methyl sites for hydroxylation is 1. The molecule has 0 radical (unpaired) electrons. The van der Waals surface area contributed by atoms with Crippen LogP contribution in [0.4, 0.5) is 0 Å². The Morgan fingerprint density at radius 1 is 1.11 bits per heavy atom. The molecule has 1 unspecified atom stereocenters. The van der Waals surface area contributed by atoms with Crippen LogP contribution in [0.25, 0.3) is 11.1 Å². The van der Waals surface area contributed by atoms with E-state index < -0.39 is 16.1 Å². The lowest BCUT2D eigenvalue weighted by molar-refractivity contribution is 0.533. The van der Waals surface area contributed by atoms with Gasteiger partial charge in [-0.2, -0.15) is 0 Å². The number of rotatable bonds is 8. The molecule has 1 atom stereocenters. The Bertz CT molecular complexity index is 1500. The topological polar surface area (TPSA) is 127 Å². The second kappa shape index (κ2) is 10.2. The van der Waals surface area contributed by atoms with Gasteiger partial charge in [0.15, 0.2) is 5.82 Å². The first-order valence-electron chi connectivity index (χ1n) is 10.5. The molecule has 4 N–H and O–H groups in total. The van der Waals surface area contributed by atoms with Gasteiger partial charge in [0.1, 0.15) is 12.2 Å². The van der Waals surface area contributed by atoms with Gasteiger partial charge in [-0.15, -0.1) is 10.2 Å². The van der Waals surface area contributed by atoms with Gasteiger partial charge in [0.25, 0.3) is 0 Å². The van der Waals surface area contributed by atoms with Crippen LogP contribution in [0.5, 0.6) is 0 Å². The van der Waals surface area contributed by atoms with E-state index in [4.69, 9.17) is 34.3 Å². The van der Waals surface area contributed by atoms with Crippen LogP contribution in [0, 0.1) is 5.41 Å². The Morgan fingerprint density at radius 3 is 2.57 bits per heavy atom. The summed E-state index contributed by atoms with van der Waals surface area (Å²) in [4.78, 5) is 0.0747. The van der Waals surface area contributed by atoms with Crippen LogP contribution in [-0.4, -0.2) is 29.0 Å². The second-order valence-electron chi connectivity index (χ2n) is 7.94. The van der Waals surface area contributed by atoms with Gasteiger partial charge in [-0.3, -0.25) is 5.41 Å². The summed E-state index contributed by atoms with van der Waals surface area (Å²) in [7, 11) is -2.23. The van der Waals surface area contributed by atoms with Gasteiger partial charge in [-0.05, 0) is 47.9 Å². The fraction of sp³-hybridized carbons (Fsp3) is 0.125. The number of aromatic nitrogens is 3. The average Bonchev–Trinajstić information content (AvgIpc) is 3.24. The quantitative estimate of drug-likeness (QED) is 0.231. The summed E-state index contributed by atoms with van der Waals surface area (Å²) in [6, 6.07) is 17.9. The van der Waals surface area contributed by atoms with Crippen LogP contribution in [0.15, 0.2) is 78.0 Å². The third kappa shape index (κ3) is 5.71. The van der Waals surface area contributed by atoms with E-state index in [9.17, 15) is 8.42 Å². The molecule has 1 heterocycles. The molecule has 0 spiro atoms. The fourth-order valence-corrected chi connectivity index (χ4v) is 5.46. The zero-order valence-corrected chi connectivity index (χ0v) is 20.9. The molecule has 0 aliphatic rings. The third-order valence-electron chi connectivity index (χ3n) is 5.42. The number of halogens is 2. The number of nitrogen functional groups attached to an aromatic ring is 1. The normalized spacial score (nSPS) is 12.4. The van der Waals surface area contributed by atoms with Crippen LogP contribution in [0.1, 0.15) is 23.0 Å². The highest BCUT2D eigenvalue weighted by Crippen LogP contribution is 2.32. The molecule has 1 aromatic heterocycles. The van der Waals surface area contributed by atoms with E-state index in [2.05, 4.69) is 14.9 Å². The van der Waals surface area contributed by atoms with Crippen molar-refractivity contribution < 1.29 is 8.42 Å². The van der Waals surface area contributed by atoms with Gasteiger partial charge in [-0.1, -0.05) is 59.6 Å². The largest absolute Gasteiger partial charge is 0.384 e. The highest BCUT2D eigenvalue weighted by Gasteiger charge is 2.26. The number of amidine groups is 1. The smallest absolute Gasteiger partial charge is 0.241 e. The van der Waals surface area contributed by atoms with E-state index >= 15 is 0 Å². The molecule has 0 aliphatic carbocycles. The molecule has 0 saturated heterocycles. The average molecular weight is 529 g/mol. The van der Waals surface area contributed by atoms with Crippen molar-refractivity contribution in [1.29, 1.82) is 5.41 Å². The number of sulfonamides is 1. The lowest BCUT2D eigenvalue weighted by atomic mass is 10.0. The molecule has 11 heteroatoms. The maximum absolute atomic E-state index is 13.5. The Hall–Kier alpha value is -3.24. The molecule has 0 amide bonds. The number of nitrogens with two attached hydrogens (primary N) is 1. The van der Waals surface area contributed by atoms with Crippen molar-refractivity contribution in [2.24, 2.45) is 12.8 Å². The molecule has 0 aliphatic heterocycles. The van der Waals surface area contributed by atoms with Gasteiger partial charge in [0.05, 0.1) is 10.9 Å². The summed E-state index contributed by atoms with van der Waals surface area (Å²) in [5.41, 5.74) is 8.26. The van der Waals surface area contributed by atoms with E-state index in [1.165, 1.54) is 12.4 Å². The SMILES string of the molecule is Cn1cnnc1C(Cc1cccc(C(=N)N)c1)NS(=O)(=O)c1cccc(-c2ccc(Cl)cc2Cl)c1. The predicted molar refractivity (Wildman–Crippen MR) is 137 cm³/mol. The van der Waals surface area contributed by atoms with Crippen molar-refractivity contribution in [3.05, 3.63) is 100 Å². The number of hydrogen-bond acceptors (Lipinski definition) is 5. The van der Waals surface area contributed by atoms with Crippen LogP contribution in [0.3, 0.4) is 0 Å². The van der Waals surface area contributed by atoms with Crippen molar-refractivity contribution >= 4 is 39.1 Å². The summed E-state index contributed by atoms with van der Waals surface area (Å²) in [5, 5.41) is 16.6. The summed E-state index contributed by atoms with van der Waals surface area (Å²) < 4.78 is 31.3. The van der Waals surface area contributed by atoms with Crippen molar-refractivity contribution in [3.63, 3.8) is 0 Å². The molecule has 8 nitrogen and oxygen atoms in total. The van der Waals surface area contributed by atoms with Gasteiger partial charge in [0.2, 0.25) is 10.0 Å². The highest BCUT2D eigenvalue weighted by molar-refractivity contribution is 7.89. The maximum atomic E-state index is 13.5. The van der Waals surface area contributed by atoms with Gasteiger partial charge in [0, 0.05) is 28.2 Å². The van der Waals surface area contributed by atoms with Gasteiger partial charge >= 0.3 is 0 Å². The zero-order valence-electron chi connectivity index (χ0n) is 18.6. The predicted octanol–water partition coefficient (Wildman–Crippen LogP) is 4.34. The molecule has 4 aromatic rings. The Kier molecular flexibility index (Phi) is 7.23. The Balaban J connectivity index is 1.68. The molecule has 180 valence electrons. The van der Waals surface area contributed by atoms with Crippen LogP contribution >= 0.6 is 23.2 Å². The van der Waals surface area contributed by atoms with Crippen molar-refractivity contribution in [3.8, 4) is 11.1 Å². The van der Waals surface area contributed by atoms with E-state index in [-0.39, 0.29) is 17.2 Å². The number of nitrogens with one attached hydrogen (secondary N) is 2. The monoisotopic (exact) mass is 528 g/mol. The summed E-state index contributed by atoms with van der Waals surface area (Å²) in [6.07, 6.45) is 1.78. The Labute approximate surface area is 213 Å². The number of benzene rings is 3. The first-order valence-corrected chi connectivity index (χ1v) is 12.7. The van der Waals surface area contributed by atoms with Crippen LogP contribution in [-0.2, 0) is 23.5 Å². The summed E-state index contributed by atoms with van der Waals surface area (Å²) >= 11 is 12.3. The molecule has 0 saturated carbocycles. The van der Waals surface area contributed by atoms with E-state index in [0.717, 1.165) is 5.56 Å². The Morgan fingerprint density at radius 2 is 1.89 bits per heavy atom. The zero-order chi connectivity index (χ0) is 25.2. The molecule has 3 aromatic carbocycles. The fourth-order valence-electron chi connectivity index (χ4n) is 3.70. The minimum absolute atomic E-state index is 0.0692. The van der Waals surface area contributed by atoms with Crippen LogP contribution in [0.2, 0.25) is 10.0 Å².